The molecule has 0 bridgehead atoms. The molecule has 5 nitrogen and oxygen atoms in total. The van der Waals surface area contributed by atoms with Crippen LogP contribution in [0.1, 0.15) is 84.3 Å². The molecule has 1 amide bonds. The Morgan fingerprint density at radius 1 is 0.805 bits per heavy atom. The van der Waals surface area contributed by atoms with Crippen LogP contribution in [0.3, 0.4) is 0 Å². The van der Waals surface area contributed by atoms with Crippen molar-refractivity contribution >= 4 is 22.6 Å². The van der Waals surface area contributed by atoms with Gasteiger partial charge in [-0.2, -0.15) is 0 Å². The molecule has 0 aliphatic heterocycles. The van der Waals surface area contributed by atoms with Gasteiger partial charge in [0.2, 0.25) is 0 Å². The number of nitrogens with zero attached hydrogens (tertiary/aromatic N) is 2. The molecule has 4 N–H and O–H groups in total. The molecule has 5 rings (SSSR count). The van der Waals surface area contributed by atoms with E-state index in [0.717, 1.165) is 33.9 Å². The number of hydrogen-bond donors (Lipinski definition) is 2. The van der Waals surface area contributed by atoms with Crippen LogP contribution in [0, 0.1) is 6.92 Å². The van der Waals surface area contributed by atoms with Gasteiger partial charge in [0.05, 0.1) is 6.54 Å². The monoisotopic (exact) mass is 546 g/mol. The molecule has 212 valence electrons. The molecule has 5 heteroatoms. The highest BCUT2D eigenvalue weighted by molar-refractivity contribution is 6.07. The predicted octanol–water partition coefficient (Wildman–Crippen LogP) is 7.11. The van der Waals surface area contributed by atoms with Crippen LogP contribution in [-0.4, -0.2) is 16.8 Å². The Kier molecular flexibility index (Phi) is 7.65. The second-order valence-corrected chi connectivity index (χ2v) is 12.8. The standard InChI is InChI=1S/C36H42N4O/c1-24-19-31-32(36(4,5)18-17-35(31,2)3)20-28(24)23-40(22-26-15-13-25(14-16-26)21-39-34(37)38)33(41)30-12-8-10-27-9-6-7-11-29(27)30/h6-16,19-20H,17-18,21-23H2,1-5H3,(H4,37,38,39). The number of fused-ring (bicyclic) bond motifs is 2. The van der Waals surface area contributed by atoms with Crippen molar-refractivity contribution in [2.24, 2.45) is 16.5 Å². The lowest BCUT2D eigenvalue weighted by Crippen LogP contribution is -2.35. The minimum Gasteiger partial charge on any atom is -0.370 e. The fourth-order valence-corrected chi connectivity index (χ4v) is 6.08. The van der Waals surface area contributed by atoms with E-state index >= 15 is 0 Å². The summed E-state index contributed by atoms with van der Waals surface area (Å²) in [6, 6.07) is 27.0. The number of carbonyl (C=O) groups is 1. The van der Waals surface area contributed by atoms with Gasteiger partial charge >= 0.3 is 0 Å². The molecular formula is C36H42N4O. The van der Waals surface area contributed by atoms with Gasteiger partial charge in [-0.15, -0.1) is 0 Å². The summed E-state index contributed by atoms with van der Waals surface area (Å²) in [6.07, 6.45) is 2.33. The Labute approximate surface area is 244 Å². The summed E-state index contributed by atoms with van der Waals surface area (Å²) >= 11 is 0. The second kappa shape index (κ2) is 11.0. The topological polar surface area (TPSA) is 84.7 Å². The summed E-state index contributed by atoms with van der Waals surface area (Å²) < 4.78 is 0. The van der Waals surface area contributed by atoms with Gasteiger partial charge in [-0.25, -0.2) is 4.99 Å². The first-order chi connectivity index (χ1) is 19.4. The van der Waals surface area contributed by atoms with E-state index in [9.17, 15) is 4.79 Å². The maximum Gasteiger partial charge on any atom is 0.255 e. The van der Waals surface area contributed by atoms with Crippen LogP contribution < -0.4 is 11.5 Å². The molecule has 4 aromatic rings. The first-order valence-corrected chi connectivity index (χ1v) is 14.5. The lowest BCUT2D eigenvalue weighted by atomic mass is 9.62. The van der Waals surface area contributed by atoms with Crippen molar-refractivity contribution in [3.8, 4) is 0 Å². The summed E-state index contributed by atoms with van der Waals surface area (Å²) in [5.41, 5.74) is 19.4. The lowest BCUT2D eigenvalue weighted by Gasteiger charge is -2.42. The predicted molar refractivity (Wildman–Crippen MR) is 170 cm³/mol. The number of guanidine groups is 1. The third-order valence-corrected chi connectivity index (χ3v) is 8.82. The van der Waals surface area contributed by atoms with Crippen molar-refractivity contribution in [1.29, 1.82) is 0 Å². The first kappa shape index (κ1) is 28.4. The first-order valence-electron chi connectivity index (χ1n) is 14.5. The number of benzene rings is 4. The molecule has 1 aliphatic rings. The van der Waals surface area contributed by atoms with Gasteiger partial charge in [-0.05, 0) is 80.8 Å². The molecule has 0 radical (unpaired) electrons. The molecule has 41 heavy (non-hydrogen) atoms. The summed E-state index contributed by atoms with van der Waals surface area (Å²) in [7, 11) is 0. The maximum absolute atomic E-state index is 14.3. The summed E-state index contributed by atoms with van der Waals surface area (Å²) in [4.78, 5) is 20.4. The number of hydrogen-bond acceptors (Lipinski definition) is 2. The van der Waals surface area contributed by atoms with Crippen molar-refractivity contribution in [1.82, 2.24) is 4.90 Å². The number of rotatable bonds is 7. The van der Waals surface area contributed by atoms with E-state index in [1.165, 1.54) is 28.7 Å². The third-order valence-electron chi connectivity index (χ3n) is 8.82. The molecule has 4 aromatic carbocycles. The molecule has 0 fully saturated rings. The zero-order chi connectivity index (χ0) is 29.4. The maximum atomic E-state index is 14.3. The van der Waals surface area contributed by atoms with E-state index in [1.807, 2.05) is 47.4 Å². The number of aliphatic imine (C=N–C) groups is 1. The fraction of sp³-hybridized carbons (Fsp3) is 0.333. The van der Waals surface area contributed by atoms with E-state index in [2.05, 4.69) is 76.0 Å². The fourth-order valence-electron chi connectivity index (χ4n) is 6.08. The van der Waals surface area contributed by atoms with Crippen LogP contribution in [0.4, 0.5) is 0 Å². The van der Waals surface area contributed by atoms with Gasteiger partial charge < -0.3 is 16.4 Å². The molecule has 0 heterocycles. The van der Waals surface area contributed by atoms with Crippen LogP contribution >= 0.6 is 0 Å². The molecule has 0 spiro atoms. The second-order valence-electron chi connectivity index (χ2n) is 12.8. The van der Waals surface area contributed by atoms with E-state index in [0.29, 0.717) is 19.6 Å². The normalized spacial score (nSPS) is 15.2. The van der Waals surface area contributed by atoms with Crippen molar-refractivity contribution in [2.75, 3.05) is 0 Å². The van der Waals surface area contributed by atoms with E-state index < -0.39 is 0 Å². The molecule has 0 saturated carbocycles. The molecule has 0 saturated heterocycles. The van der Waals surface area contributed by atoms with E-state index in [1.54, 1.807) is 0 Å². The largest absolute Gasteiger partial charge is 0.370 e. The van der Waals surface area contributed by atoms with Gasteiger partial charge in [-0.3, -0.25) is 4.79 Å². The van der Waals surface area contributed by atoms with Crippen LogP contribution in [-0.2, 0) is 30.5 Å². The van der Waals surface area contributed by atoms with Gasteiger partial charge in [0.1, 0.15) is 0 Å². The zero-order valence-electron chi connectivity index (χ0n) is 25.0. The molecule has 1 aliphatic carbocycles. The average Bonchev–Trinajstić information content (AvgIpc) is 2.94. The SMILES string of the molecule is Cc1cc2c(cc1CN(Cc1ccc(CN=C(N)N)cc1)C(=O)c1cccc3ccccc13)C(C)(C)CCC2(C)C. The Morgan fingerprint density at radius 2 is 1.41 bits per heavy atom. The number of amides is 1. The van der Waals surface area contributed by atoms with Gasteiger partial charge in [-0.1, -0.05) is 100 Å². The van der Waals surface area contributed by atoms with Gasteiger partial charge in [0.15, 0.2) is 5.96 Å². The van der Waals surface area contributed by atoms with Crippen LogP contribution in [0.25, 0.3) is 10.8 Å². The Balaban J connectivity index is 1.54. The minimum absolute atomic E-state index is 0.0306. The van der Waals surface area contributed by atoms with E-state index in [-0.39, 0.29) is 22.7 Å². The summed E-state index contributed by atoms with van der Waals surface area (Å²) in [6.45, 7) is 13.1. The van der Waals surface area contributed by atoms with Crippen molar-refractivity contribution in [3.63, 3.8) is 0 Å². The Morgan fingerprint density at radius 3 is 2.10 bits per heavy atom. The molecular weight excluding hydrogens is 504 g/mol. The average molecular weight is 547 g/mol. The van der Waals surface area contributed by atoms with Gasteiger partial charge in [0.25, 0.3) is 5.91 Å². The highest BCUT2D eigenvalue weighted by atomic mass is 16.2. The Hall–Kier alpha value is -4.12. The van der Waals surface area contributed by atoms with Crippen molar-refractivity contribution in [2.45, 2.75) is 77.9 Å². The smallest absolute Gasteiger partial charge is 0.255 e. The van der Waals surface area contributed by atoms with Crippen LogP contribution in [0.2, 0.25) is 0 Å². The molecule has 0 unspecified atom stereocenters. The van der Waals surface area contributed by atoms with Crippen LogP contribution in [0.15, 0.2) is 83.9 Å². The quantitative estimate of drug-likeness (QED) is 0.191. The zero-order valence-corrected chi connectivity index (χ0v) is 25.0. The minimum atomic E-state index is 0.0306. The highest BCUT2D eigenvalue weighted by Crippen LogP contribution is 2.46. The van der Waals surface area contributed by atoms with Gasteiger partial charge in [0, 0.05) is 18.7 Å². The summed E-state index contributed by atoms with van der Waals surface area (Å²) in [5.74, 6) is 0.107. The number of nitrogens with two attached hydrogens (primary N) is 2. The summed E-state index contributed by atoms with van der Waals surface area (Å²) in [5, 5.41) is 2.04. The van der Waals surface area contributed by atoms with Crippen molar-refractivity contribution in [3.05, 3.63) is 118 Å². The third kappa shape index (κ3) is 6.00. The molecule has 0 atom stereocenters. The van der Waals surface area contributed by atoms with E-state index in [4.69, 9.17) is 11.5 Å². The highest BCUT2D eigenvalue weighted by Gasteiger charge is 2.37. The van der Waals surface area contributed by atoms with Crippen LogP contribution in [0.5, 0.6) is 0 Å². The number of carbonyl (C=O) groups excluding carboxylic acids is 1. The lowest BCUT2D eigenvalue weighted by molar-refractivity contribution is 0.0731. The Bertz CT molecular complexity index is 1610. The van der Waals surface area contributed by atoms with Crippen molar-refractivity contribution < 1.29 is 4.79 Å². The number of aryl methyl sites for hydroxylation is 1. The molecule has 0 aromatic heterocycles.